The van der Waals surface area contributed by atoms with Gasteiger partial charge in [-0.05, 0) is 31.7 Å². The summed E-state index contributed by atoms with van der Waals surface area (Å²) < 4.78 is 5.96. The molecule has 0 radical (unpaired) electrons. The van der Waals surface area contributed by atoms with Gasteiger partial charge in [0.15, 0.2) is 5.82 Å². The molecule has 0 aromatic carbocycles. The van der Waals surface area contributed by atoms with Crippen molar-refractivity contribution in [3.63, 3.8) is 0 Å². The zero-order valence-electron chi connectivity index (χ0n) is 11.9. The summed E-state index contributed by atoms with van der Waals surface area (Å²) >= 11 is 6.10. The third kappa shape index (κ3) is 2.09. The molecule has 0 atom stereocenters. The quantitative estimate of drug-likeness (QED) is 0.823. The molecule has 3 rings (SSSR count). The molecular weight excluding hydrogens is 260 g/mol. The topological polar surface area (TPSA) is 34.5 Å². The number of hydrogen-bond acceptors (Lipinski definition) is 3. The summed E-state index contributed by atoms with van der Waals surface area (Å²) in [5, 5.41) is 0.633. The molecule has 2 aliphatic heterocycles. The van der Waals surface area contributed by atoms with Gasteiger partial charge in [0.1, 0.15) is 5.17 Å². The second-order valence-electron chi connectivity index (χ2n) is 6.28. The Labute approximate surface area is 119 Å². The number of halogens is 1. The fourth-order valence-corrected chi connectivity index (χ4v) is 3.24. The van der Waals surface area contributed by atoms with Crippen LogP contribution < -0.4 is 0 Å². The Morgan fingerprint density at radius 3 is 2.74 bits per heavy atom. The van der Waals surface area contributed by atoms with Crippen molar-refractivity contribution >= 4 is 22.6 Å². The molecule has 0 saturated carbocycles. The van der Waals surface area contributed by atoms with Crippen molar-refractivity contribution in [3.8, 4) is 0 Å². The van der Waals surface area contributed by atoms with Crippen LogP contribution in [-0.4, -0.2) is 10.2 Å². The average molecular weight is 279 g/mol. The molecule has 0 amide bonds. The average Bonchev–Trinajstić information content (AvgIpc) is 2.77. The van der Waals surface area contributed by atoms with Crippen LogP contribution in [0.5, 0.6) is 0 Å². The van der Waals surface area contributed by atoms with Crippen LogP contribution in [0, 0.1) is 5.92 Å². The molecule has 1 aromatic rings. The van der Waals surface area contributed by atoms with Crippen LogP contribution in [0.2, 0.25) is 0 Å². The Kier molecular flexibility index (Phi) is 2.95. The third-order valence-corrected chi connectivity index (χ3v) is 4.01. The number of aromatic nitrogens is 1. The minimum absolute atomic E-state index is 0.259. The first-order valence-electron chi connectivity index (χ1n) is 6.80. The van der Waals surface area contributed by atoms with E-state index in [-0.39, 0.29) is 5.60 Å². The zero-order valence-corrected chi connectivity index (χ0v) is 12.6. The van der Waals surface area contributed by atoms with E-state index < -0.39 is 0 Å². The monoisotopic (exact) mass is 278 g/mol. The lowest BCUT2D eigenvalue weighted by Gasteiger charge is -2.21. The molecule has 0 saturated heterocycles. The summed E-state index contributed by atoms with van der Waals surface area (Å²) in [6.07, 6.45) is 1.66. The molecule has 0 unspecified atom stereocenters. The number of hydrogen-bond donors (Lipinski definition) is 0. The Balaban J connectivity index is 2.20. The first-order chi connectivity index (χ1) is 8.88. The van der Waals surface area contributed by atoms with E-state index in [9.17, 15) is 0 Å². The van der Waals surface area contributed by atoms with Gasteiger partial charge in [-0.15, -0.1) is 0 Å². The van der Waals surface area contributed by atoms with Crippen molar-refractivity contribution in [1.82, 2.24) is 4.98 Å². The first-order valence-corrected chi connectivity index (χ1v) is 7.18. The van der Waals surface area contributed by atoms with E-state index >= 15 is 0 Å². The number of rotatable bonds is 2. The van der Waals surface area contributed by atoms with Gasteiger partial charge in [0, 0.05) is 23.2 Å². The van der Waals surface area contributed by atoms with Crippen LogP contribution in [-0.2, 0) is 29.8 Å². The van der Waals surface area contributed by atoms with Gasteiger partial charge >= 0.3 is 0 Å². The lowest BCUT2D eigenvalue weighted by Crippen LogP contribution is -2.18. The molecule has 0 bridgehead atoms. The molecule has 4 heteroatoms. The molecule has 0 spiro atoms. The number of ether oxygens (including phenoxy) is 1. The highest BCUT2D eigenvalue weighted by Crippen LogP contribution is 2.44. The molecule has 19 heavy (non-hydrogen) atoms. The second-order valence-corrected chi connectivity index (χ2v) is 6.71. The summed E-state index contributed by atoms with van der Waals surface area (Å²) in [5.41, 5.74) is 4.57. The Morgan fingerprint density at radius 2 is 2.05 bits per heavy atom. The van der Waals surface area contributed by atoms with Crippen LogP contribution in [0.1, 0.15) is 50.1 Å². The third-order valence-electron chi connectivity index (χ3n) is 3.79. The predicted octanol–water partition coefficient (Wildman–Crippen LogP) is 3.87. The fourth-order valence-electron chi connectivity index (χ4n) is 3.02. The van der Waals surface area contributed by atoms with Crippen LogP contribution in [0.3, 0.4) is 0 Å². The Morgan fingerprint density at radius 1 is 1.32 bits per heavy atom. The van der Waals surface area contributed by atoms with E-state index in [0.29, 0.717) is 24.1 Å². The minimum Gasteiger partial charge on any atom is -0.366 e. The highest BCUT2D eigenvalue weighted by Gasteiger charge is 2.38. The lowest BCUT2D eigenvalue weighted by atomic mass is 9.88. The van der Waals surface area contributed by atoms with Gasteiger partial charge in [-0.25, -0.2) is 9.98 Å². The number of fused-ring (bicyclic) bond motifs is 3. The maximum absolute atomic E-state index is 6.10. The van der Waals surface area contributed by atoms with Crippen LogP contribution in [0.4, 0.5) is 5.82 Å². The van der Waals surface area contributed by atoms with Gasteiger partial charge in [0.25, 0.3) is 0 Å². The molecular formula is C15H19ClN2O. The summed E-state index contributed by atoms with van der Waals surface area (Å²) in [6, 6.07) is 0. The van der Waals surface area contributed by atoms with Gasteiger partial charge in [0.05, 0.1) is 12.2 Å². The standard InChI is InChI=1S/C15H19ClN2O/c1-8(2)5-11-10-7-19-15(3,4)13(10)9-6-12(16)18-14(9)17-11/h8H,5-7H2,1-4H3. The van der Waals surface area contributed by atoms with E-state index in [1.807, 2.05) is 0 Å². The van der Waals surface area contributed by atoms with Crippen molar-refractivity contribution < 1.29 is 4.74 Å². The molecule has 3 heterocycles. The largest absolute Gasteiger partial charge is 0.366 e. The molecule has 2 aliphatic rings. The zero-order chi connectivity index (χ0) is 13.8. The van der Waals surface area contributed by atoms with Gasteiger partial charge in [-0.3, -0.25) is 0 Å². The van der Waals surface area contributed by atoms with Gasteiger partial charge in [-0.2, -0.15) is 0 Å². The summed E-state index contributed by atoms with van der Waals surface area (Å²) in [4.78, 5) is 9.11. The second kappa shape index (κ2) is 4.29. The number of pyridine rings is 1. The van der Waals surface area contributed by atoms with Crippen molar-refractivity contribution in [2.24, 2.45) is 10.9 Å². The normalized spacial score (nSPS) is 19.6. The lowest BCUT2D eigenvalue weighted by molar-refractivity contribution is -0.00832. The molecule has 3 nitrogen and oxygen atoms in total. The van der Waals surface area contributed by atoms with E-state index in [1.165, 1.54) is 11.1 Å². The minimum atomic E-state index is -0.259. The van der Waals surface area contributed by atoms with E-state index in [4.69, 9.17) is 21.3 Å². The maximum Gasteiger partial charge on any atom is 0.157 e. The van der Waals surface area contributed by atoms with Crippen LogP contribution >= 0.6 is 11.6 Å². The van der Waals surface area contributed by atoms with Gasteiger partial charge < -0.3 is 4.74 Å². The fraction of sp³-hybridized carbons (Fsp3) is 0.600. The molecule has 0 aliphatic carbocycles. The van der Waals surface area contributed by atoms with Crippen molar-refractivity contribution in [1.29, 1.82) is 0 Å². The first kappa shape index (κ1) is 13.1. The maximum atomic E-state index is 6.10. The van der Waals surface area contributed by atoms with E-state index in [1.54, 1.807) is 0 Å². The highest BCUT2D eigenvalue weighted by molar-refractivity contribution is 6.66. The van der Waals surface area contributed by atoms with Gasteiger partial charge in [0.2, 0.25) is 0 Å². The van der Waals surface area contributed by atoms with Crippen molar-refractivity contribution in [2.75, 3.05) is 0 Å². The van der Waals surface area contributed by atoms with Crippen molar-refractivity contribution in [2.45, 2.75) is 52.7 Å². The Hall–Kier alpha value is -0.930. The number of nitrogens with zero attached hydrogens (tertiary/aromatic N) is 2. The summed E-state index contributed by atoms with van der Waals surface area (Å²) in [6.45, 7) is 9.30. The van der Waals surface area contributed by atoms with E-state index in [0.717, 1.165) is 23.5 Å². The Bertz CT molecular complexity index is 576. The van der Waals surface area contributed by atoms with E-state index in [2.05, 4.69) is 32.7 Å². The van der Waals surface area contributed by atoms with Crippen molar-refractivity contribution in [3.05, 3.63) is 22.4 Å². The molecule has 102 valence electrons. The highest BCUT2D eigenvalue weighted by atomic mass is 35.5. The molecule has 0 fully saturated rings. The smallest absolute Gasteiger partial charge is 0.157 e. The number of aliphatic imine (C=N–C) groups is 1. The SMILES string of the molecule is CC(C)Cc1nc2c(c3c1COC3(C)C)CC(Cl)=N2. The molecule has 0 N–H and O–H groups in total. The molecule has 1 aromatic heterocycles. The summed E-state index contributed by atoms with van der Waals surface area (Å²) in [7, 11) is 0. The van der Waals surface area contributed by atoms with Crippen LogP contribution in [0.15, 0.2) is 4.99 Å². The van der Waals surface area contributed by atoms with Gasteiger partial charge in [-0.1, -0.05) is 25.4 Å². The predicted molar refractivity (Wildman–Crippen MR) is 77.2 cm³/mol. The van der Waals surface area contributed by atoms with Crippen LogP contribution in [0.25, 0.3) is 0 Å². The summed E-state index contributed by atoms with van der Waals surface area (Å²) in [5.74, 6) is 1.37.